The highest BCUT2D eigenvalue weighted by Crippen LogP contribution is 2.42. The van der Waals surface area contributed by atoms with E-state index in [4.69, 9.17) is 15.0 Å². The van der Waals surface area contributed by atoms with Crippen LogP contribution in [-0.2, 0) is 0 Å². The number of phenols is 3. The first-order valence-electron chi connectivity index (χ1n) is 30.8. The van der Waals surface area contributed by atoms with Crippen molar-refractivity contribution in [3.05, 3.63) is 211 Å². The minimum absolute atomic E-state index is 0.0281. The Morgan fingerprint density at radius 1 is 0.253 bits per heavy atom. The fourth-order valence-electron chi connectivity index (χ4n) is 8.14. The maximum Gasteiger partial charge on any atom is 0.140 e. The Balaban J connectivity index is 1.58. The number of hydrogen-bond donors (Lipinski definition) is 9. The third kappa shape index (κ3) is 24.6. The van der Waals surface area contributed by atoms with Crippen LogP contribution in [0.2, 0.25) is 0 Å². The fraction of sp³-hybridized carbons (Fsp3) is 0.207. The molecule has 0 amide bonds. The van der Waals surface area contributed by atoms with E-state index in [1.165, 1.54) is 83.1 Å². The zero-order chi connectivity index (χ0) is 72.2. The summed E-state index contributed by atoms with van der Waals surface area (Å²) in [4.78, 5) is 14.4. The topological polar surface area (TPSA) is 219 Å². The lowest BCUT2D eigenvalue weighted by Gasteiger charge is -2.14. The van der Waals surface area contributed by atoms with Gasteiger partial charge in [0.15, 0.2) is 0 Å². The number of benzene rings is 7. The molecule has 486 valence electrons. The fourth-order valence-corrected chi connectivity index (χ4v) is 8.14. The van der Waals surface area contributed by atoms with Crippen molar-refractivity contribution in [2.45, 2.75) is 117 Å². The van der Waals surface area contributed by atoms with Crippen LogP contribution in [0.15, 0.2) is 142 Å². The molecule has 9 N–H and O–H groups in total. The second-order valence-electron chi connectivity index (χ2n) is 25.3. The van der Waals surface area contributed by atoms with Crippen molar-refractivity contribution in [2.75, 3.05) is 0 Å². The smallest absolute Gasteiger partial charge is 0.140 e. The number of hydrogen-bond acceptors (Lipinski definition) is 12. The Kier molecular flexibility index (Phi) is 24.0. The summed E-state index contributed by atoms with van der Waals surface area (Å²) in [5.74, 6) is 67.5. The summed E-state index contributed by atoms with van der Waals surface area (Å²) in [5.41, 5.74) is -6.16. The van der Waals surface area contributed by atoms with Crippen molar-refractivity contribution < 1.29 is 46.0 Å². The molecule has 12 nitrogen and oxygen atoms in total. The summed E-state index contributed by atoms with van der Waals surface area (Å²) in [5, 5.41) is 103. The number of rotatable bonds is 6. The van der Waals surface area contributed by atoms with Crippen LogP contribution in [0.3, 0.4) is 0 Å². The SMILES string of the molecule is CC(C)(O)C#Cc1cc(C#CC#Cc2ccccc2)cc(C#CC(C)(C)O)c1N=Cc1c(O)c(C=Nc2c(C#CC(C)(C)O)cc(C#CC#Cc3ccccc3)cc2C#CC(C)(C)O)c(O)c(C=Nc2c(C#CC(C)(C)O)cc(C#CC#Cc3ccccc3)cc2C#CC(C)(C)O)c1O. The molecule has 0 heterocycles. The van der Waals surface area contributed by atoms with Gasteiger partial charge in [-0.3, -0.25) is 15.0 Å². The molecule has 0 fully saturated rings. The molecule has 99 heavy (non-hydrogen) atoms. The van der Waals surface area contributed by atoms with Crippen molar-refractivity contribution >= 4 is 35.7 Å². The molecule has 12 heteroatoms. The molecule has 0 saturated carbocycles. The molecule has 7 aromatic rings. The third-order valence-electron chi connectivity index (χ3n) is 12.6. The quantitative estimate of drug-likeness (QED) is 0.0570. The van der Waals surface area contributed by atoms with Gasteiger partial charge in [0.25, 0.3) is 0 Å². The molecular formula is C87H69N3O9. The van der Waals surface area contributed by atoms with E-state index >= 15 is 0 Å². The number of phenolic OH excluding ortho intramolecular Hbond substituents is 3. The first kappa shape index (κ1) is 73.8. The average molecular weight is 1300 g/mol. The lowest BCUT2D eigenvalue weighted by molar-refractivity contribution is 0.143. The van der Waals surface area contributed by atoms with Crippen molar-refractivity contribution in [3.8, 4) is 159 Å². The summed E-state index contributed by atoms with van der Waals surface area (Å²) < 4.78 is 0. The molecule has 0 aliphatic carbocycles. The predicted molar refractivity (Wildman–Crippen MR) is 392 cm³/mol. The molecular weight excluding hydrogens is 1230 g/mol. The van der Waals surface area contributed by atoms with Crippen LogP contribution in [0.5, 0.6) is 17.2 Å². The Bertz CT molecular complexity index is 4510. The Morgan fingerprint density at radius 2 is 0.424 bits per heavy atom. The van der Waals surface area contributed by atoms with E-state index in [1.54, 1.807) is 36.4 Å². The zero-order valence-electron chi connectivity index (χ0n) is 56.7. The van der Waals surface area contributed by atoms with Gasteiger partial charge in [0.05, 0.1) is 67.1 Å². The lowest BCUT2D eigenvalue weighted by atomic mass is 9.99. The molecule has 0 spiro atoms. The maximum absolute atomic E-state index is 12.6. The summed E-state index contributed by atoms with van der Waals surface area (Å²) >= 11 is 0. The molecule has 7 aromatic carbocycles. The van der Waals surface area contributed by atoms with Crippen LogP contribution in [-0.4, -0.2) is 98.2 Å². The van der Waals surface area contributed by atoms with Crippen LogP contribution in [0.25, 0.3) is 0 Å². The van der Waals surface area contributed by atoms with Gasteiger partial charge in [-0.1, -0.05) is 161 Å². The van der Waals surface area contributed by atoms with Gasteiger partial charge in [0.1, 0.15) is 50.9 Å². The Hall–Kier alpha value is -12.6. The second-order valence-corrected chi connectivity index (χ2v) is 25.3. The summed E-state index contributed by atoms with van der Waals surface area (Å²) in [6, 6.07) is 37.3. The van der Waals surface area contributed by atoms with Crippen LogP contribution in [0.1, 0.15) is 167 Å². The monoisotopic (exact) mass is 1300 g/mol. The van der Waals surface area contributed by atoms with E-state index in [2.05, 4.69) is 142 Å². The molecule has 0 aliphatic rings. The molecule has 0 aromatic heterocycles. The molecule has 0 atom stereocenters. The summed E-state index contributed by atoms with van der Waals surface area (Å²) in [7, 11) is 0. The van der Waals surface area contributed by atoms with Gasteiger partial charge in [-0.15, -0.1) is 0 Å². The first-order chi connectivity index (χ1) is 46.6. The van der Waals surface area contributed by atoms with Gasteiger partial charge in [0, 0.05) is 52.0 Å². The number of nitrogens with zero attached hydrogens (tertiary/aromatic N) is 3. The van der Waals surface area contributed by atoms with Crippen LogP contribution < -0.4 is 0 Å². The molecule has 0 aliphatic heterocycles. The molecule has 7 rings (SSSR count). The van der Waals surface area contributed by atoms with Gasteiger partial charge in [0.2, 0.25) is 0 Å². The van der Waals surface area contributed by atoms with E-state index in [-0.39, 0.29) is 50.4 Å². The minimum Gasteiger partial charge on any atom is -0.506 e. The van der Waals surface area contributed by atoms with Crippen molar-refractivity contribution in [1.82, 2.24) is 0 Å². The van der Waals surface area contributed by atoms with E-state index in [0.29, 0.717) is 16.7 Å². The standard InChI is InChI=1S/C87H69N3O9/c1-82(2,94)46-40-67-52-64(37-25-22-34-61-28-16-13-17-29-61)53-68(41-47-83(3,4)95)76(67)88-58-73-79(91)74(59-89-77-69(42-48-84(5,6)96)54-65(55-70(77)43-49-85(7,8)97)38-26-23-35-62-30-18-14-19-31-62)81(93)75(80(73)92)60-90-78-71(44-50-86(9,10)98)56-66(57-72(78)45-51-87(11,12)99)39-27-24-36-63-32-20-15-21-33-63/h13-21,28-33,52-60,91-99H,1-12H3. The van der Waals surface area contributed by atoms with Crippen molar-refractivity contribution in [2.24, 2.45) is 15.0 Å². The number of aliphatic imine (C=N–C) groups is 3. The Labute approximate surface area is 580 Å². The van der Waals surface area contributed by atoms with Gasteiger partial charge in [-0.05, 0) is 191 Å². The Morgan fingerprint density at radius 3 is 0.596 bits per heavy atom. The van der Waals surface area contributed by atoms with Crippen LogP contribution >= 0.6 is 0 Å². The van der Waals surface area contributed by atoms with Crippen molar-refractivity contribution in [3.63, 3.8) is 0 Å². The van der Waals surface area contributed by atoms with E-state index < -0.39 is 67.5 Å². The van der Waals surface area contributed by atoms with Gasteiger partial charge >= 0.3 is 0 Å². The normalized spacial score (nSPS) is 11.0. The van der Waals surface area contributed by atoms with Crippen molar-refractivity contribution in [1.29, 1.82) is 0 Å². The van der Waals surface area contributed by atoms with Gasteiger partial charge < -0.3 is 46.0 Å². The molecule has 0 unspecified atom stereocenters. The highest BCUT2D eigenvalue weighted by molar-refractivity contribution is 6.05. The van der Waals surface area contributed by atoms with Crippen LogP contribution in [0.4, 0.5) is 17.1 Å². The minimum atomic E-state index is -1.53. The highest BCUT2D eigenvalue weighted by Gasteiger charge is 2.24. The maximum atomic E-state index is 12.6. The van der Waals surface area contributed by atoms with E-state index in [0.717, 1.165) is 35.3 Å². The largest absolute Gasteiger partial charge is 0.506 e. The average Bonchev–Trinajstić information content (AvgIpc) is 0.786. The first-order valence-corrected chi connectivity index (χ1v) is 30.8. The van der Waals surface area contributed by atoms with Crippen LogP contribution in [0, 0.1) is 142 Å². The second kappa shape index (κ2) is 32.2. The predicted octanol–water partition coefficient (Wildman–Crippen LogP) is 11.0. The highest BCUT2D eigenvalue weighted by atomic mass is 16.3. The van der Waals surface area contributed by atoms with E-state index in [1.807, 2.05) is 91.0 Å². The molecule has 0 bridgehead atoms. The van der Waals surface area contributed by atoms with E-state index in [9.17, 15) is 46.0 Å². The summed E-state index contributed by atoms with van der Waals surface area (Å²) in [6.07, 6.45) is 3.25. The van der Waals surface area contributed by atoms with Gasteiger partial charge in [-0.25, -0.2) is 0 Å². The summed E-state index contributed by atoms with van der Waals surface area (Å²) in [6.45, 7) is 17.8. The number of aliphatic hydroxyl groups is 6. The third-order valence-corrected chi connectivity index (χ3v) is 12.6. The molecule has 0 radical (unpaired) electrons. The lowest BCUT2D eigenvalue weighted by Crippen LogP contribution is -2.14. The van der Waals surface area contributed by atoms with Gasteiger partial charge in [-0.2, -0.15) is 0 Å². The zero-order valence-corrected chi connectivity index (χ0v) is 56.7. The molecule has 0 saturated heterocycles. The number of aromatic hydroxyl groups is 3.